The van der Waals surface area contributed by atoms with Gasteiger partial charge >= 0.3 is 5.97 Å². The lowest BCUT2D eigenvalue weighted by molar-refractivity contribution is 0.0696. The van der Waals surface area contributed by atoms with E-state index < -0.39 is 5.97 Å². The van der Waals surface area contributed by atoms with Crippen LogP contribution in [0.2, 0.25) is 0 Å². The van der Waals surface area contributed by atoms with Crippen molar-refractivity contribution >= 4 is 28.9 Å². The maximum atomic E-state index is 12.0. The number of carboxylic acid groups (broad SMARTS) is 1. The van der Waals surface area contributed by atoms with Crippen LogP contribution in [0.5, 0.6) is 0 Å². The Balaban J connectivity index is 1.62. The van der Waals surface area contributed by atoms with E-state index in [1.807, 2.05) is 0 Å². The molecule has 3 aromatic rings. The first-order valence-corrected chi connectivity index (χ1v) is 7.43. The Morgan fingerprint density at radius 3 is 2.52 bits per heavy atom. The number of hydrogen-bond donors (Lipinski definition) is 5. The summed E-state index contributed by atoms with van der Waals surface area (Å²) >= 11 is 0. The molecule has 0 bridgehead atoms. The molecule has 9 heteroatoms. The Hall–Kier alpha value is -3.62. The molecule has 0 spiro atoms. The van der Waals surface area contributed by atoms with Crippen molar-refractivity contribution in [3.63, 3.8) is 0 Å². The summed E-state index contributed by atoms with van der Waals surface area (Å²) in [6, 6.07) is 7.31. The Kier molecular flexibility index (Phi) is 4.21. The molecule has 1 aromatic carbocycles. The summed E-state index contributed by atoms with van der Waals surface area (Å²) in [6.45, 7) is 0.333. The van der Waals surface area contributed by atoms with Crippen molar-refractivity contribution in [2.24, 2.45) is 0 Å². The summed E-state index contributed by atoms with van der Waals surface area (Å²) in [5.41, 5.74) is 6.78. The van der Waals surface area contributed by atoms with Crippen molar-refractivity contribution in [2.75, 3.05) is 12.3 Å². The normalized spacial score (nSPS) is 10.7. The lowest BCUT2D eigenvalue weighted by Gasteiger charge is -2.04. The number of nitrogens with one attached hydrogen (secondary N) is 3. The van der Waals surface area contributed by atoms with E-state index >= 15 is 0 Å². The van der Waals surface area contributed by atoms with Crippen LogP contribution in [0.4, 0.5) is 5.95 Å². The largest absolute Gasteiger partial charge is 0.478 e. The van der Waals surface area contributed by atoms with Gasteiger partial charge in [0.25, 0.3) is 11.5 Å². The van der Waals surface area contributed by atoms with Gasteiger partial charge in [-0.25, -0.2) is 4.79 Å². The smallest absolute Gasteiger partial charge is 0.335 e. The van der Waals surface area contributed by atoms with Gasteiger partial charge in [0.15, 0.2) is 0 Å². The second-order valence-electron chi connectivity index (χ2n) is 5.40. The van der Waals surface area contributed by atoms with Crippen molar-refractivity contribution < 1.29 is 14.7 Å². The summed E-state index contributed by atoms with van der Waals surface area (Å²) in [4.78, 5) is 44.0. The van der Waals surface area contributed by atoms with E-state index in [-0.39, 0.29) is 23.0 Å². The minimum Gasteiger partial charge on any atom is -0.478 e. The summed E-state index contributed by atoms with van der Waals surface area (Å²) < 4.78 is 0. The third-order valence-electron chi connectivity index (χ3n) is 3.65. The minimum absolute atomic E-state index is 0.0315. The summed E-state index contributed by atoms with van der Waals surface area (Å²) in [6.07, 6.45) is 0.467. The average Bonchev–Trinajstić information content (AvgIpc) is 2.98. The average molecular weight is 341 g/mol. The number of carbonyl (C=O) groups excluding carboxylic acids is 1. The van der Waals surface area contributed by atoms with E-state index in [0.29, 0.717) is 29.6 Å². The van der Waals surface area contributed by atoms with Crippen LogP contribution in [0.25, 0.3) is 11.0 Å². The second-order valence-corrected chi connectivity index (χ2v) is 5.40. The molecule has 0 atom stereocenters. The fraction of sp³-hybridized carbons (Fsp3) is 0.125. The number of aromatic nitrogens is 3. The van der Waals surface area contributed by atoms with Gasteiger partial charge in [-0.05, 0) is 30.3 Å². The van der Waals surface area contributed by atoms with Gasteiger partial charge in [0.05, 0.1) is 10.9 Å². The molecule has 2 heterocycles. The predicted octanol–water partition coefficient (Wildman–Crippen LogP) is 0.504. The number of anilines is 1. The van der Waals surface area contributed by atoms with Crippen LogP contribution in [-0.4, -0.2) is 38.5 Å². The highest BCUT2D eigenvalue weighted by Gasteiger charge is 2.09. The lowest BCUT2D eigenvalue weighted by Crippen LogP contribution is -2.25. The molecule has 0 unspecified atom stereocenters. The summed E-state index contributed by atoms with van der Waals surface area (Å²) in [7, 11) is 0. The van der Waals surface area contributed by atoms with E-state index in [9.17, 15) is 14.4 Å². The maximum absolute atomic E-state index is 12.0. The monoisotopic (exact) mass is 341 g/mol. The first-order chi connectivity index (χ1) is 11.9. The molecule has 1 amide bonds. The third kappa shape index (κ3) is 3.50. The molecule has 0 saturated carbocycles. The van der Waals surface area contributed by atoms with Crippen LogP contribution in [0.3, 0.4) is 0 Å². The number of nitrogens with two attached hydrogens (primary N) is 1. The molecule has 9 nitrogen and oxygen atoms in total. The van der Waals surface area contributed by atoms with Crippen molar-refractivity contribution in [2.45, 2.75) is 6.42 Å². The van der Waals surface area contributed by atoms with E-state index in [4.69, 9.17) is 10.8 Å². The van der Waals surface area contributed by atoms with Gasteiger partial charge < -0.3 is 21.1 Å². The quantitative estimate of drug-likeness (QED) is 0.455. The van der Waals surface area contributed by atoms with E-state index in [1.54, 1.807) is 6.07 Å². The van der Waals surface area contributed by atoms with Gasteiger partial charge in [0.2, 0.25) is 5.95 Å². The number of nitrogen functional groups attached to an aromatic ring is 1. The number of rotatable bonds is 5. The molecular formula is C16H15N5O4. The van der Waals surface area contributed by atoms with Gasteiger partial charge in [-0.1, -0.05) is 0 Å². The number of nitrogens with zero attached hydrogens (tertiary/aromatic N) is 1. The first-order valence-electron chi connectivity index (χ1n) is 7.43. The molecule has 0 saturated heterocycles. The zero-order valence-corrected chi connectivity index (χ0v) is 13.0. The molecule has 3 rings (SSSR count). The molecule has 0 radical (unpaired) electrons. The molecular weight excluding hydrogens is 326 g/mol. The molecule has 0 aliphatic heterocycles. The fourth-order valence-corrected chi connectivity index (χ4v) is 2.40. The number of carboxylic acids is 1. The Morgan fingerprint density at radius 1 is 1.16 bits per heavy atom. The van der Waals surface area contributed by atoms with Gasteiger partial charge in [-0.2, -0.15) is 4.98 Å². The second kappa shape index (κ2) is 6.48. The van der Waals surface area contributed by atoms with E-state index in [0.717, 1.165) is 5.69 Å². The number of hydrogen-bond acceptors (Lipinski definition) is 5. The van der Waals surface area contributed by atoms with Gasteiger partial charge in [-0.15, -0.1) is 0 Å². The fourth-order valence-electron chi connectivity index (χ4n) is 2.40. The van der Waals surface area contributed by atoms with Crippen molar-refractivity contribution in [1.29, 1.82) is 0 Å². The van der Waals surface area contributed by atoms with Gasteiger partial charge in [-0.3, -0.25) is 14.6 Å². The zero-order chi connectivity index (χ0) is 18.0. The maximum Gasteiger partial charge on any atom is 0.335 e. The number of H-pyrrole nitrogens is 2. The standard InChI is InChI=1S/C16H15N5O4/c17-16-20-12-11(14(23)21-16)7-10(19-12)5-6-18-13(22)8-1-3-9(4-2-8)15(24)25/h1-4,7H,5-6H2,(H,18,22)(H,24,25)(H4,17,19,20,21,23). The van der Waals surface area contributed by atoms with E-state index in [1.165, 1.54) is 24.3 Å². The van der Waals surface area contributed by atoms with Crippen LogP contribution < -0.4 is 16.6 Å². The Labute approximate surface area is 140 Å². The first kappa shape index (κ1) is 16.2. The van der Waals surface area contributed by atoms with Gasteiger partial charge in [0, 0.05) is 24.2 Å². The SMILES string of the molecule is Nc1nc2[nH]c(CCNC(=O)c3ccc(C(=O)O)cc3)cc2c(=O)[nH]1. The molecule has 6 N–H and O–H groups in total. The molecule has 25 heavy (non-hydrogen) atoms. The third-order valence-corrected chi connectivity index (χ3v) is 3.65. The molecule has 0 aliphatic rings. The summed E-state index contributed by atoms with van der Waals surface area (Å²) in [5, 5.41) is 12.0. The topological polar surface area (TPSA) is 154 Å². The number of benzene rings is 1. The molecule has 2 aromatic heterocycles. The van der Waals surface area contributed by atoms with Gasteiger partial charge in [0.1, 0.15) is 5.65 Å². The highest BCUT2D eigenvalue weighted by Crippen LogP contribution is 2.10. The highest BCUT2D eigenvalue weighted by molar-refractivity contribution is 5.95. The minimum atomic E-state index is -1.05. The van der Waals surface area contributed by atoms with E-state index in [2.05, 4.69) is 20.3 Å². The Morgan fingerprint density at radius 2 is 1.84 bits per heavy atom. The highest BCUT2D eigenvalue weighted by atomic mass is 16.4. The zero-order valence-electron chi connectivity index (χ0n) is 13.0. The molecule has 0 aliphatic carbocycles. The Bertz CT molecular complexity index is 1000. The van der Waals surface area contributed by atoms with Crippen molar-refractivity contribution in [1.82, 2.24) is 20.3 Å². The molecule has 0 fully saturated rings. The summed E-state index contributed by atoms with van der Waals surface area (Å²) in [5.74, 6) is -1.33. The van der Waals surface area contributed by atoms with Crippen molar-refractivity contribution in [3.8, 4) is 0 Å². The lowest BCUT2D eigenvalue weighted by atomic mass is 10.1. The van der Waals surface area contributed by atoms with Crippen LogP contribution in [0.15, 0.2) is 35.1 Å². The van der Waals surface area contributed by atoms with Crippen LogP contribution in [0.1, 0.15) is 26.4 Å². The number of fused-ring (bicyclic) bond motifs is 1. The predicted molar refractivity (Wildman–Crippen MR) is 90.6 cm³/mol. The number of aromatic amines is 2. The number of aromatic carboxylic acids is 1. The number of carbonyl (C=O) groups is 2. The van der Waals surface area contributed by atoms with Crippen LogP contribution in [0, 0.1) is 0 Å². The van der Waals surface area contributed by atoms with Crippen molar-refractivity contribution in [3.05, 3.63) is 57.5 Å². The van der Waals surface area contributed by atoms with Crippen LogP contribution in [-0.2, 0) is 6.42 Å². The molecule has 128 valence electrons. The number of amides is 1. The van der Waals surface area contributed by atoms with Crippen LogP contribution >= 0.6 is 0 Å².